The monoisotopic (exact) mass is 285 g/mol. The number of benzene rings is 2. The van der Waals surface area contributed by atoms with E-state index in [0.717, 1.165) is 26.5 Å². The van der Waals surface area contributed by atoms with Gasteiger partial charge in [-0.3, -0.25) is 0 Å². The van der Waals surface area contributed by atoms with Crippen LogP contribution < -0.4 is 4.74 Å². The fourth-order valence-electron chi connectivity index (χ4n) is 1.97. The molecule has 0 aliphatic carbocycles. The number of nitrogens with zero attached hydrogens (tertiary/aromatic N) is 1. The van der Waals surface area contributed by atoms with E-state index in [4.69, 9.17) is 9.84 Å². The maximum atomic E-state index is 10.8. The van der Waals surface area contributed by atoms with Crippen molar-refractivity contribution < 1.29 is 14.6 Å². The summed E-state index contributed by atoms with van der Waals surface area (Å²) in [6.07, 6.45) is 0. The number of aromatic carboxylic acids is 1. The van der Waals surface area contributed by atoms with E-state index in [2.05, 4.69) is 4.98 Å². The maximum Gasteiger partial charge on any atom is 0.335 e. The number of methoxy groups -OCH3 is 1. The zero-order valence-electron chi connectivity index (χ0n) is 10.7. The Morgan fingerprint density at radius 3 is 2.60 bits per heavy atom. The predicted molar refractivity (Wildman–Crippen MR) is 78.6 cm³/mol. The van der Waals surface area contributed by atoms with Crippen LogP contribution in [0.15, 0.2) is 42.5 Å². The Labute approximate surface area is 119 Å². The van der Waals surface area contributed by atoms with Crippen LogP contribution in [0.1, 0.15) is 10.4 Å². The van der Waals surface area contributed by atoms with Crippen molar-refractivity contribution in [3.8, 4) is 16.3 Å². The highest BCUT2D eigenvalue weighted by molar-refractivity contribution is 7.21. The van der Waals surface area contributed by atoms with E-state index in [0.29, 0.717) is 0 Å². The molecule has 0 aliphatic rings. The molecule has 3 rings (SSSR count). The van der Waals surface area contributed by atoms with Crippen molar-refractivity contribution in [3.63, 3.8) is 0 Å². The van der Waals surface area contributed by atoms with E-state index >= 15 is 0 Å². The molecule has 0 spiro atoms. The van der Waals surface area contributed by atoms with Gasteiger partial charge in [-0.2, -0.15) is 0 Å². The fraction of sp³-hybridized carbons (Fsp3) is 0.0667. The molecule has 1 N–H and O–H groups in total. The third kappa shape index (κ3) is 2.12. The molecular weight excluding hydrogens is 274 g/mol. The number of hydrogen-bond acceptors (Lipinski definition) is 4. The predicted octanol–water partition coefficient (Wildman–Crippen LogP) is 3.67. The number of carboxylic acids is 1. The van der Waals surface area contributed by atoms with E-state index in [-0.39, 0.29) is 5.56 Å². The summed E-state index contributed by atoms with van der Waals surface area (Å²) in [5.74, 6) is -0.185. The van der Waals surface area contributed by atoms with Crippen LogP contribution in [-0.2, 0) is 0 Å². The molecule has 5 heteroatoms. The zero-order chi connectivity index (χ0) is 14.1. The van der Waals surface area contributed by atoms with Gasteiger partial charge >= 0.3 is 5.97 Å². The molecule has 0 unspecified atom stereocenters. The summed E-state index contributed by atoms with van der Waals surface area (Å²) in [6, 6.07) is 12.5. The zero-order valence-corrected chi connectivity index (χ0v) is 11.5. The molecule has 0 saturated carbocycles. The maximum absolute atomic E-state index is 10.8. The number of hydrogen-bond donors (Lipinski definition) is 1. The number of carboxylic acid groups (broad SMARTS) is 1. The van der Waals surface area contributed by atoms with Crippen molar-refractivity contribution in [2.45, 2.75) is 0 Å². The van der Waals surface area contributed by atoms with Crippen molar-refractivity contribution in [1.82, 2.24) is 4.98 Å². The fourth-order valence-corrected chi connectivity index (χ4v) is 2.96. The standard InChI is InChI=1S/C15H11NO3S/c1-19-11-3-2-4-12-13(11)16-14(20-12)9-5-7-10(8-6-9)15(17)18/h2-8H,1H3,(H,17,18). The molecule has 0 bridgehead atoms. The number of aromatic nitrogens is 1. The van der Waals surface area contributed by atoms with Gasteiger partial charge in [-0.05, 0) is 24.3 Å². The average Bonchev–Trinajstić information content (AvgIpc) is 2.91. The van der Waals surface area contributed by atoms with Crippen LogP contribution in [0, 0.1) is 0 Å². The lowest BCUT2D eigenvalue weighted by atomic mass is 10.1. The number of thiazole rings is 1. The summed E-state index contributed by atoms with van der Waals surface area (Å²) in [5, 5.41) is 9.75. The molecule has 0 amide bonds. The van der Waals surface area contributed by atoms with Crippen LogP contribution in [0.5, 0.6) is 5.75 Å². The first-order valence-electron chi connectivity index (χ1n) is 5.96. The molecule has 1 aromatic heterocycles. The van der Waals surface area contributed by atoms with Gasteiger partial charge in [0, 0.05) is 5.56 Å². The van der Waals surface area contributed by atoms with E-state index in [1.807, 2.05) is 18.2 Å². The third-order valence-electron chi connectivity index (χ3n) is 2.98. The molecule has 0 aliphatic heterocycles. The van der Waals surface area contributed by atoms with E-state index < -0.39 is 5.97 Å². The van der Waals surface area contributed by atoms with Crippen LogP contribution in [0.2, 0.25) is 0 Å². The van der Waals surface area contributed by atoms with Crippen LogP contribution in [0.4, 0.5) is 0 Å². The minimum absolute atomic E-state index is 0.271. The van der Waals surface area contributed by atoms with Gasteiger partial charge in [-0.25, -0.2) is 9.78 Å². The molecular formula is C15H11NO3S. The van der Waals surface area contributed by atoms with Crippen molar-refractivity contribution in [2.24, 2.45) is 0 Å². The number of para-hydroxylation sites is 1. The SMILES string of the molecule is COc1cccc2sc(-c3ccc(C(=O)O)cc3)nc12. The average molecular weight is 285 g/mol. The van der Waals surface area contributed by atoms with Crippen molar-refractivity contribution in [1.29, 1.82) is 0 Å². The van der Waals surface area contributed by atoms with Gasteiger partial charge in [0.2, 0.25) is 0 Å². The number of fused-ring (bicyclic) bond motifs is 1. The Morgan fingerprint density at radius 2 is 1.95 bits per heavy atom. The Balaban J connectivity index is 2.08. The first-order valence-corrected chi connectivity index (χ1v) is 6.78. The Bertz CT molecular complexity index is 777. The molecule has 20 heavy (non-hydrogen) atoms. The van der Waals surface area contributed by atoms with Crippen LogP contribution in [-0.4, -0.2) is 23.2 Å². The highest BCUT2D eigenvalue weighted by Crippen LogP contribution is 2.34. The number of carbonyl (C=O) groups is 1. The van der Waals surface area contributed by atoms with E-state index in [1.165, 1.54) is 0 Å². The molecule has 3 aromatic rings. The van der Waals surface area contributed by atoms with E-state index in [1.54, 1.807) is 42.7 Å². The highest BCUT2D eigenvalue weighted by atomic mass is 32.1. The summed E-state index contributed by atoms with van der Waals surface area (Å²) >= 11 is 1.56. The van der Waals surface area contributed by atoms with Gasteiger partial charge in [-0.1, -0.05) is 18.2 Å². The van der Waals surface area contributed by atoms with Crippen LogP contribution >= 0.6 is 11.3 Å². The number of ether oxygens (including phenoxy) is 1. The smallest absolute Gasteiger partial charge is 0.335 e. The van der Waals surface area contributed by atoms with Gasteiger partial charge in [0.1, 0.15) is 16.3 Å². The molecule has 100 valence electrons. The molecule has 0 fully saturated rings. The van der Waals surface area contributed by atoms with Crippen molar-refractivity contribution in [2.75, 3.05) is 7.11 Å². The molecule has 1 heterocycles. The molecule has 2 aromatic carbocycles. The van der Waals surface area contributed by atoms with Gasteiger partial charge in [0.05, 0.1) is 17.4 Å². The Morgan fingerprint density at radius 1 is 1.20 bits per heavy atom. The lowest BCUT2D eigenvalue weighted by Gasteiger charge is -1.98. The minimum Gasteiger partial charge on any atom is -0.494 e. The molecule has 0 atom stereocenters. The molecule has 0 radical (unpaired) electrons. The van der Waals surface area contributed by atoms with Crippen LogP contribution in [0.25, 0.3) is 20.8 Å². The molecule has 0 saturated heterocycles. The topological polar surface area (TPSA) is 59.4 Å². The minimum atomic E-state index is -0.928. The first-order chi connectivity index (χ1) is 9.69. The Hall–Kier alpha value is -2.40. The second-order valence-corrected chi connectivity index (χ2v) is 5.24. The second-order valence-electron chi connectivity index (χ2n) is 4.21. The summed E-state index contributed by atoms with van der Waals surface area (Å²) in [6.45, 7) is 0. The summed E-state index contributed by atoms with van der Waals surface area (Å²) in [7, 11) is 1.62. The van der Waals surface area contributed by atoms with E-state index in [9.17, 15) is 4.79 Å². The van der Waals surface area contributed by atoms with Crippen molar-refractivity contribution in [3.05, 3.63) is 48.0 Å². The summed E-state index contributed by atoms with van der Waals surface area (Å²) in [5.41, 5.74) is 2.00. The normalized spacial score (nSPS) is 10.7. The quantitative estimate of drug-likeness (QED) is 0.797. The second kappa shape index (κ2) is 4.94. The molecule has 4 nitrogen and oxygen atoms in total. The lowest BCUT2D eigenvalue weighted by molar-refractivity contribution is 0.0697. The van der Waals surface area contributed by atoms with Gasteiger partial charge < -0.3 is 9.84 Å². The highest BCUT2D eigenvalue weighted by Gasteiger charge is 2.10. The first kappa shape index (κ1) is 12.6. The van der Waals surface area contributed by atoms with Crippen molar-refractivity contribution >= 4 is 27.5 Å². The largest absolute Gasteiger partial charge is 0.494 e. The summed E-state index contributed by atoms with van der Waals surface area (Å²) < 4.78 is 6.34. The summed E-state index contributed by atoms with van der Waals surface area (Å²) in [4.78, 5) is 15.4. The lowest BCUT2D eigenvalue weighted by Crippen LogP contribution is -1.94. The van der Waals surface area contributed by atoms with Gasteiger partial charge in [-0.15, -0.1) is 11.3 Å². The van der Waals surface area contributed by atoms with Gasteiger partial charge in [0.15, 0.2) is 0 Å². The number of rotatable bonds is 3. The third-order valence-corrected chi connectivity index (χ3v) is 4.05. The Kier molecular flexibility index (Phi) is 3.12. The van der Waals surface area contributed by atoms with Crippen LogP contribution in [0.3, 0.4) is 0 Å². The van der Waals surface area contributed by atoms with Gasteiger partial charge in [0.25, 0.3) is 0 Å².